The van der Waals surface area contributed by atoms with Crippen molar-refractivity contribution in [2.75, 3.05) is 14.2 Å². The molecule has 1 heterocycles. The minimum atomic E-state index is -1.37. The van der Waals surface area contributed by atoms with Crippen LogP contribution in [0, 0.1) is 0 Å². The van der Waals surface area contributed by atoms with E-state index in [1.54, 1.807) is 18.2 Å². The third-order valence-electron chi connectivity index (χ3n) is 4.18. The fourth-order valence-electron chi connectivity index (χ4n) is 2.82. The maximum absolute atomic E-state index is 11.9. The zero-order chi connectivity index (χ0) is 20.3. The Balaban J connectivity index is 2.14. The summed E-state index contributed by atoms with van der Waals surface area (Å²) >= 11 is 0. The van der Waals surface area contributed by atoms with Gasteiger partial charge in [-0.05, 0) is 39.6 Å². The van der Waals surface area contributed by atoms with Crippen molar-refractivity contribution in [1.82, 2.24) is 10.3 Å². The number of methoxy groups -OCH3 is 2. The van der Waals surface area contributed by atoms with E-state index in [2.05, 4.69) is 14.9 Å². The van der Waals surface area contributed by atoms with Crippen molar-refractivity contribution in [2.45, 2.75) is 6.42 Å². The fourth-order valence-corrected chi connectivity index (χ4v) is 2.82. The third kappa shape index (κ3) is 3.63. The molecule has 3 aromatic rings. The summed E-state index contributed by atoms with van der Waals surface area (Å²) in [5, 5.41) is 26.8. The van der Waals surface area contributed by atoms with Gasteiger partial charge in [0.1, 0.15) is 22.5 Å². The van der Waals surface area contributed by atoms with Gasteiger partial charge in [-0.25, -0.2) is 14.2 Å². The topological polar surface area (TPSA) is 132 Å². The molecule has 0 aliphatic heterocycles. The van der Waals surface area contributed by atoms with E-state index < -0.39 is 11.9 Å². The van der Waals surface area contributed by atoms with Crippen LogP contribution in [0.3, 0.4) is 0 Å². The second-order valence-electron chi connectivity index (χ2n) is 5.79. The number of nitrogens with zero attached hydrogens (tertiary/aromatic N) is 2. The number of aromatic nitrogens is 2. The molecule has 0 unspecified atom stereocenters. The van der Waals surface area contributed by atoms with Crippen LogP contribution in [0.2, 0.25) is 0 Å². The van der Waals surface area contributed by atoms with Gasteiger partial charge in [0.05, 0.1) is 25.4 Å². The monoisotopic (exact) mass is 384 g/mol. The second-order valence-corrected chi connectivity index (χ2v) is 5.79. The van der Waals surface area contributed by atoms with Gasteiger partial charge in [-0.1, -0.05) is 12.1 Å². The number of carboxylic acid groups (broad SMARTS) is 2. The van der Waals surface area contributed by atoms with E-state index in [4.69, 9.17) is 9.47 Å². The van der Waals surface area contributed by atoms with E-state index in [1.165, 1.54) is 32.4 Å². The van der Waals surface area contributed by atoms with Crippen molar-refractivity contribution < 1.29 is 33.9 Å². The summed E-state index contributed by atoms with van der Waals surface area (Å²) in [5.41, 5.74) is 0.788. The maximum Gasteiger partial charge on any atom is 0.336 e. The molecule has 28 heavy (non-hydrogen) atoms. The first-order chi connectivity index (χ1) is 13.4. The molecular formula is C19H16N2O7. The lowest BCUT2D eigenvalue weighted by Crippen LogP contribution is -2.13. The Morgan fingerprint density at radius 3 is 2.36 bits per heavy atom. The zero-order valence-corrected chi connectivity index (χ0v) is 15.0. The Bertz CT molecular complexity index is 1080. The average molecular weight is 384 g/mol. The van der Waals surface area contributed by atoms with Crippen LogP contribution in [0.5, 0.6) is 11.5 Å². The number of carboxylic acids is 2. The Morgan fingerprint density at radius 2 is 1.71 bits per heavy atom. The number of rotatable bonds is 7. The molecule has 0 spiro atoms. The summed E-state index contributed by atoms with van der Waals surface area (Å²) in [6, 6.07) is 9.27. The molecule has 0 amide bonds. The van der Waals surface area contributed by atoms with Crippen molar-refractivity contribution in [3.8, 4) is 11.5 Å². The lowest BCUT2D eigenvalue weighted by Gasteiger charge is -2.13. The normalized spacial score (nSPS) is 11.8. The van der Waals surface area contributed by atoms with Crippen LogP contribution in [-0.4, -0.2) is 46.7 Å². The summed E-state index contributed by atoms with van der Waals surface area (Å²) in [6.07, 6.45) is -0.167. The van der Waals surface area contributed by atoms with Crippen molar-refractivity contribution in [3.05, 3.63) is 53.1 Å². The van der Waals surface area contributed by atoms with Gasteiger partial charge in [-0.2, -0.15) is 0 Å². The smallest absolute Gasteiger partial charge is 0.336 e. The molecule has 0 atom stereocenters. The first kappa shape index (κ1) is 18.9. The Labute approximate surface area is 158 Å². The highest BCUT2D eigenvalue weighted by molar-refractivity contribution is 6.22. The molecule has 0 radical (unpaired) electrons. The number of ether oxygens (including phenoxy) is 2. The summed E-state index contributed by atoms with van der Waals surface area (Å²) in [4.78, 5) is 23.9. The zero-order valence-electron chi connectivity index (χ0n) is 15.0. The minimum absolute atomic E-state index is 0.167. The summed E-state index contributed by atoms with van der Waals surface area (Å²) in [5.74, 6) is -1.81. The van der Waals surface area contributed by atoms with Crippen LogP contribution in [-0.2, 0) is 16.0 Å². The Kier molecular flexibility index (Phi) is 5.25. The molecule has 0 fully saturated rings. The average Bonchev–Trinajstić information content (AvgIpc) is 3.15. The standard InChI is InChI=1S/C19H16N2O7/c1-26-12-5-3-10(16(9-12)27-2)7-13(18(22)23)17(19(24)25)11-4-6-14-15(8-11)21-28-20-14/h3-6,8-9H,7H2,1-2H3,(H,22,23)(H,24,25)/b17-13-. The first-order valence-corrected chi connectivity index (χ1v) is 8.08. The summed E-state index contributed by atoms with van der Waals surface area (Å²) in [7, 11) is 2.93. The first-order valence-electron chi connectivity index (χ1n) is 8.08. The number of hydrogen-bond donors (Lipinski definition) is 2. The summed E-state index contributed by atoms with van der Waals surface area (Å²) < 4.78 is 15.0. The van der Waals surface area contributed by atoms with Crippen LogP contribution in [0.1, 0.15) is 11.1 Å². The van der Waals surface area contributed by atoms with Crippen LogP contribution >= 0.6 is 0 Å². The number of aliphatic carboxylic acids is 2. The molecule has 9 nitrogen and oxygen atoms in total. The van der Waals surface area contributed by atoms with E-state index in [0.717, 1.165) is 0 Å². The molecular weight excluding hydrogens is 368 g/mol. The second kappa shape index (κ2) is 7.78. The SMILES string of the molecule is COc1ccc(C/C(C(=O)O)=C(/C(=O)O)c2ccc3nonc3c2)c(OC)c1. The molecule has 144 valence electrons. The van der Waals surface area contributed by atoms with Crippen molar-refractivity contribution in [3.63, 3.8) is 0 Å². The Morgan fingerprint density at radius 1 is 0.964 bits per heavy atom. The molecule has 1 aromatic heterocycles. The van der Waals surface area contributed by atoms with Gasteiger partial charge in [0.25, 0.3) is 0 Å². The molecule has 3 rings (SSSR count). The largest absolute Gasteiger partial charge is 0.497 e. The minimum Gasteiger partial charge on any atom is -0.497 e. The lowest BCUT2D eigenvalue weighted by atomic mass is 9.94. The van der Waals surface area contributed by atoms with E-state index >= 15 is 0 Å². The van der Waals surface area contributed by atoms with Gasteiger partial charge in [-0.3, -0.25) is 0 Å². The van der Waals surface area contributed by atoms with Gasteiger partial charge < -0.3 is 19.7 Å². The van der Waals surface area contributed by atoms with Gasteiger partial charge in [0, 0.05) is 12.5 Å². The van der Waals surface area contributed by atoms with E-state index in [1.807, 2.05) is 0 Å². The quantitative estimate of drug-likeness (QED) is 0.589. The molecule has 0 saturated carbocycles. The highest BCUT2D eigenvalue weighted by Crippen LogP contribution is 2.30. The number of hydrogen-bond acceptors (Lipinski definition) is 7. The van der Waals surface area contributed by atoms with E-state index in [9.17, 15) is 19.8 Å². The highest BCUT2D eigenvalue weighted by atomic mass is 16.6. The van der Waals surface area contributed by atoms with E-state index in [0.29, 0.717) is 28.1 Å². The van der Waals surface area contributed by atoms with Crippen LogP contribution in [0.25, 0.3) is 16.6 Å². The van der Waals surface area contributed by atoms with Gasteiger partial charge >= 0.3 is 11.9 Å². The van der Waals surface area contributed by atoms with Gasteiger partial charge in [-0.15, -0.1) is 0 Å². The summed E-state index contributed by atoms with van der Waals surface area (Å²) in [6.45, 7) is 0. The predicted molar refractivity (Wildman–Crippen MR) is 97.2 cm³/mol. The lowest BCUT2D eigenvalue weighted by molar-refractivity contribution is -0.134. The predicted octanol–water partition coefficient (Wildman–Crippen LogP) is 2.41. The number of benzene rings is 2. The van der Waals surface area contributed by atoms with Crippen LogP contribution in [0.4, 0.5) is 0 Å². The maximum atomic E-state index is 11.9. The van der Waals surface area contributed by atoms with Crippen molar-refractivity contribution in [2.24, 2.45) is 0 Å². The molecule has 0 aliphatic carbocycles. The number of carbonyl (C=O) groups is 2. The van der Waals surface area contributed by atoms with Gasteiger partial charge in [0.15, 0.2) is 0 Å². The third-order valence-corrected chi connectivity index (χ3v) is 4.18. The van der Waals surface area contributed by atoms with Gasteiger partial charge in [0.2, 0.25) is 0 Å². The van der Waals surface area contributed by atoms with Crippen molar-refractivity contribution in [1.29, 1.82) is 0 Å². The van der Waals surface area contributed by atoms with E-state index in [-0.39, 0.29) is 23.1 Å². The van der Waals surface area contributed by atoms with Crippen LogP contribution in [0.15, 0.2) is 46.6 Å². The molecule has 9 heteroatoms. The van der Waals surface area contributed by atoms with Crippen LogP contribution < -0.4 is 9.47 Å². The molecule has 2 N–H and O–H groups in total. The molecule has 0 bridgehead atoms. The Hall–Kier alpha value is -3.88. The molecule has 2 aromatic carbocycles. The molecule has 0 aliphatic rings. The molecule has 0 saturated heterocycles. The highest BCUT2D eigenvalue weighted by Gasteiger charge is 2.24. The fraction of sp³-hybridized carbons (Fsp3) is 0.158. The number of fused-ring (bicyclic) bond motifs is 1. The van der Waals surface area contributed by atoms with Crippen molar-refractivity contribution >= 4 is 28.5 Å².